The van der Waals surface area contributed by atoms with Gasteiger partial charge in [-0.15, -0.1) is 0 Å². The first-order valence-corrected chi connectivity index (χ1v) is 11.2. The molecule has 0 spiro atoms. The summed E-state index contributed by atoms with van der Waals surface area (Å²) < 4.78 is 10.1. The third-order valence-electron chi connectivity index (χ3n) is 5.06. The lowest BCUT2D eigenvalue weighted by atomic mass is 10.1. The van der Waals surface area contributed by atoms with Gasteiger partial charge in [-0.1, -0.05) is 95.0 Å². The molecule has 0 heterocycles. The number of hydrogen-bond donors (Lipinski definition) is 0. The second kappa shape index (κ2) is 16.9. The molecule has 1 aromatic carbocycles. The van der Waals surface area contributed by atoms with Crippen LogP contribution < -0.4 is 0 Å². The Morgan fingerprint density at radius 1 is 0.828 bits per heavy atom. The van der Waals surface area contributed by atoms with E-state index in [0.717, 1.165) is 18.4 Å². The van der Waals surface area contributed by atoms with Crippen molar-refractivity contribution in [3.05, 3.63) is 35.9 Å². The molecule has 0 aromatic heterocycles. The lowest BCUT2D eigenvalue weighted by Crippen LogP contribution is -2.34. The Labute approximate surface area is 176 Å². The van der Waals surface area contributed by atoms with Gasteiger partial charge < -0.3 is 14.4 Å². The molecule has 0 bridgehead atoms. The Morgan fingerprint density at radius 2 is 1.41 bits per heavy atom. The van der Waals surface area contributed by atoms with Crippen LogP contribution in [0.1, 0.15) is 83.1 Å². The van der Waals surface area contributed by atoms with Crippen LogP contribution in [-0.2, 0) is 20.9 Å². The van der Waals surface area contributed by atoms with Crippen LogP contribution >= 0.6 is 0 Å². The van der Waals surface area contributed by atoms with Crippen LogP contribution in [0.2, 0.25) is 0 Å². The van der Waals surface area contributed by atoms with E-state index in [2.05, 4.69) is 6.92 Å². The number of ether oxygens (including phenoxy) is 2. The normalized spacial score (nSPS) is 10.6. The molecule has 0 radical (unpaired) electrons. The van der Waals surface area contributed by atoms with E-state index in [4.69, 9.17) is 9.47 Å². The molecule has 29 heavy (non-hydrogen) atoms. The van der Waals surface area contributed by atoms with Crippen LogP contribution in [0.5, 0.6) is 0 Å². The minimum Gasteiger partial charge on any atom is -0.469 e. The van der Waals surface area contributed by atoms with Gasteiger partial charge in [0.25, 0.3) is 0 Å². The summed E-state index contributed by atoms with van der Waals surface area (Å²) in [5, 5.41) is 0. The van der Waals surface area contributed by atoms with Gasteiger partial charge >= 0.3 is 12.1 Å². The van der Waals surface area contributed by atoms with Gasteiger partial charge in [0.05, 0.1) is 13.5 Å². The van der Waals surface area contributed by atoms with Gasteiger partial charge in [0.2, 0.25) is 0 Å². The van der Waals surface area contributed by atoms with Gasteiger partial charge in [-0.3, -0.25) is 4.79 Å². The minimum atomic E-state index is -0.367. The number of carbonyl (C=O) groups is 2. The summed E-state index contributed by atoms with van der Waals surface area (Å²) in [6.45, 7) is 3.43. The molecule has 0 aliphatic heterocycles. The number of carbonyl (C=O) groups excluding carboxylic acids is 2. The topological polar surface area (TPSA) is 55.8 Å². The number of rotatable bonds is 16. The summed E-state index contributed by atoms with van der Waals surface area (Å²) >= 11 is 0. The molecule has 0 N–H and O–H groups in total. The molecule has 5 nitrogen and oxygen atoms in total. The lowest BCUT2D eigenvalue weighted by Gasteiger charge is -2.21. The summed E-state index contributed by atoms with van der Waals surface area (Å²) in [5.74, 6) is -0.311. The quantitative estimate of drug-likeness (QED) is 0.246. The minimum absolute atomic E-state index is 0.189. The highest BCUT2D eigenvalue weighted by Crippen LogP contribution is 2.12. The molecule has 1 amide bonds. The summed E-state index contributed by atoms with van der Waals surface area (Å²) in [7, 11) is 1.36. The van der Waals surface area contributed by atoms with Gasteiger partial charge in [-0.05, 0) is 12.0 Å². The van der Waals surface area contributed by atoms with Crippen LogP contribution in [0, 0.1) is 0 Å². The van der Waals surface area contributed by atoms with Crippen LogP contribution in [0.15, 0.2) is 30.3 Å². The number of amides is 1. The maximum Gasteiger partial charge on any atom is 0.410 e. The average Bonchev–Trinajstić information content (AvgIpc) is 2.75. The van der Waals surface area contributed by atoms with E-state index in [1.54, 1.807) is 4.90 Å². The maximum absolute atomic E-state index is 12.5. The standard InChI is InChI=1S/C24H39NO4/c1-3-4-5-6-7-8-9-10-11-15-19-25(20-18-23(26)28-2)24(27)29-21-22-16-13-12-14-17-22/h12-14,16-17H,3-11,15,18-21H2,1-2H3. The van der Waals surface area contributed by atoms with E-state index in [1.807, 2.05) is 30.3 Å². The summed E-state index contributed by atoms with van der Waals surface area (Å²) in [6.07, 6.45) is 12.3. The fraction of sp³-hybridized carbons (Fsp3) is 0.667. The van der Waals surface area contributed by atoms with Crippen molar-refractivity contribution < 1.29 is 19.1 Å². The second-order valence-corrected chi connectivity index (χ2v) is 7.54. The molecule has 1 aromatic rings. The zero-order chi connectivity index (χ0) is 21.2. The molecule has 0 atom stereocenters. The Hall–Kier alpha value is -2.04. The highest BCUT2D eigenvalue weighted by Gasteiger charge is 2.16. The third kappa shape index (κ3) is 12.9. The van der Waals surface area contributed by atoms with Crippen molar-refractivity contribution in [1.82, 2.24) is 4.90 Å². The smallest absolute Gasteiger partial charge is 0.410 e. The molecular formula is C24H39NO4. The van der Waals surface area contributed by atoms with Crippen molar-refractivity contribution in [2.45, 2.75) is 84.2 Å². The monoisotopic (exact) mass is 405 g/mol. The molecule has 0 unspecified atom stereocenters. The summed E-state index contributed by atoms with van der Waals surface area (Å²) in [5.41, 5.74) is 0.952. The number of benzene rings is 1. The molecule has 164 valence electrons. The van der Waals surface area contributed by atoms with Crippen molar-refractivity contribution in [1.29, 1.82) is 0 Å². The number of esters is 1. The van der Waals surface area contributed by atoms with E-state index in [0.29, 0.717) is 13.1 Å². The van der Waals surface area contributed by atoms with Gasteiger partial charge in [-0.25, -0.2) is 4.79 Å². The van der Waals surface area contributed by atoms with Crippen LogP contribution in [0.25, 0.3) is 0 Å². The van der Waals surface area contributed by atoms with Crippen molar-refractivity contribution in [3.8, 4) is 0 Å². The van der Waals surface area contributed by atoms with E-state index < -0.39 is 0 Å². The van der Waals surface area contributed by atoms with Gasteiger partial charge in [-0.2, -0.15) is 0 Å². The predicted molar refractivity (Wildman–Crippen MR) is 117 cm³/mol. The Morgan fingerprint density at radius 3 is 2.00 bits per heavy atom. The molecular weight excluding hydrogens is 366 g/mol. The zero-order valence-electron chi connectivity index (χ0n) is 18.4. The van der Waals surface area contributed by atoms with E-state index in [1.165, 1.54) is 58.5 Å². The van der Waals surface area contributed by atoms with Gasteiger partial charge in [0.15, 0.2) is 0 Å². The fourth-order valence-corrected chi connectivity index (χ4v) is 3.22. The van der Waals surface area contributed by atoms with Crippen LogP contribution in [0.3, 0.4) is 0 Å². The van der Waals surface area contributed by atoms with E-state index in [9.17, 15) is 9.59 Å². The molecule has 5 heteroatoms. The number of nitrogens with zero attached hydrogens (tertiary/aromatic N) is 1. The highest BCUT2D eigenvalue weighted by atomic mass is 16.6. The maximum atomic E-state index is 12.5. The number of methoxy groups -OCH3 is 1. The highest BCUT2D eigenvalue weighted by molar-refractivity contribution is 5.71. The largest absolute Gasteiger partial charge is 0.469 e. The van der Waals surface area contributed by atoms with Gasteiger partial charge in [0.1, 0.15) is 6.61 Å². The number of unbranched alkanes of at least 4 members (excludes halogenated alkanes) is 9. The first-order chi connectivity index (χ1) is 14.2. The Balaban J connectivity index is 2.27. The molecule has 0 fully saturated rings. The predicted octanol–water partition coefficient (Wildman–Crippen LogP) is 6.11. The zero-order valence-corrected chi connectivity index (χ0v) is 18.4. The van der Waals surface area contributed by atoms with Crippen LogP contribution in [0.4, 0.5) is 4.79 Å². The van der Waals surface area contributed by atoms with Crippen molar-refractivity contribution in [2.75, 3.05) is 20.2 Å². The summed E-state index contributed by atoms with van der Waals surface area (Å²) in [6, 6.07) is 9.62. The van der Waals surface area contributed by atoms with E-state index >= 15 is 0 Å². The first kappa shape index (κ1) is 25.0. The second-order valence-electron chi connectivity index (χ2n) is 7.54. The fourth-order valence-electron chi connectivity index (χ4n) is 3.22. The number of hydrogen-bond acceptors (Lipinski definition) is 4. The summed E-state index contributed by atoms with van der Waals surface area (Å²) in [4.78, 5) is 25.5. The molecule has 0 aliphatic carbocycles. The van der Waals surface area contributed by atoms with E-state index in [-0.39, 0.29) is 25.1 Å². The lowest BCUT2D eigenvalue weighted by molar-refractivity contribution is -0.140. The Bertz CT molecular complexity index is 547. The van der Waals surface area contributed by atoms with Crippen molar-refractivity contribution >= 4 is 12.1 Å². The molecule has 1 rings (SSSR count). The Kier molecular flexibility index (Phi) is 14.5. The molecule has 0 aliphatic rings. The van der Waals surface area contributed by atoms with Crippen molar-refractivity contribution in [2.24, 2.45) is 0 Å². The third-order valence-corrected chi connectivity index (χ3v) is 5.06. The first-order valence-electron chi connectivity index (χ1n) is 11.2. The van der Waals surface area contributed by atoms with Crippen LogP contribution in [-0.4, -0.2) is 37.2 Å². The average molecular weight is 406 g/mol. The molecule has 0 saturated heterocycles. The van der Waals surface area contributed by atoms with Gasteiger partial charge in [0, 0.05) is 13.1 Å². The SMILES string of the molecule is CCCCCCCCCCCCN(CCC(=O)OC)C(=O)OCc1ccccc1. The molecule has 0 saturated carbocycles. The van der Waals surface area contributed by atoms with Crippen molar-refractivity contribution in [3.63, 3.8) is 0 Å².